The first kappa shape index (κ1) is 22.2. The van der Waals surface area contributed by atoms with E-state index in [0.29, 0.717) is 13.0 Å². The maximum Gasteiger partial charge on any atom is 0.415 e. The van der Waals surface area contributed by atoms with E-state index < -0.39 is 38.0 Å². The molecule has 10 heteroatoms. The topological polar surface area (TPSA) is 62.1 Å². The van der Waals surface area contributed by atoms with Gasteiger partial charge in [-0.25, -0.2) is 27.9 Å². The first-order valence-electron chi connectivity index (χ1n) is 9.44. The van der Waals surface area contributed by atoms with Gasteiger partial charge in [0.1, 0.15) is 18.9 Å². The molecule has 2 aliphatic rings. The highest BCUT2D eigenvalue weighted by Gasteiger charge is 2.59. The lowest BCUT2D eigenvalue weighted by atomic mass is 9.86. The third-order valence-electron chi connectivity index (χ3n) is 5.20. The van der Waals surface area contributed by atoms with Crippen molar-refractivity contribution in [3.8, 4) is 0 Å². The average molecular weight is 447 g/mol. The standard InChI is InChI=1S/C19H25F3N2O3SSi/c1-29(2,3)8-7-27-11-24(18(25)26)17-23-19(10-20,13-9-15(13)28-17)12-5-4-6-14(21)16(12)22/h4-6,13,15H,7-11H2,1-3H3,(H,25,26)/t13-,15+,19-/m1/s1. The maximum atomic E-state index is 14.5. The molecule has 1 aromatic carbocycles. The number of amidine groups is 1. The van der Waals surface area contributed by atoms with Crippen LogP contribution in [0.3, 0.4) is 0 Å². The normalized spacial score (nSPS) is 25.9. The molecule has 3 atom stereocenters. The third-order valence-corrected chi connectivity index (χ3v) is 8.25. The highest BCUT2D eigenvalue weighted by Crippen LogP contribution is 2.59. The van der Waals surface area contributed by atoms with Gasteiger partial charge in [0.05, 0.1) is 0 Å². The van der Waals surface area contributed by atoms with Gasteiger partial charge in [-0.3, -0.25) is 0 Å². The molecule has 1 aliphatic carbocycles. The number of hydrogen-bond donors (Lipinski definition) is 1. The predicted molar refractivity (Wildman–Crippen MR) is 110 cm³/mol. The number of amides is 1. The van der Waals surface area contributed by atoms with Crippen LogP contribution in [0.25, 0.3) is 0 Å². The van der Waals surface area contributed by atoms with Crippen LogP contribution < -0.4 is 0 Å². The molecule has 0 spiro atoms. The lowest BCUT2D eigenvalue weighted by Crippen LogP contribution is -2.43. The number of carbonyl (C=O) groups is 1. The SMILES string of the molecule is C[Si](C)(C)CCOCN(C(=O)O)C1=N[C@](CF)(c2cccc(F)c2F)[C@@H]2C[C@@H]2S1. The van der Waals surface area contributed by atoms with Crippen LogP contribution in [-0.4, -0.2) is 54.6 Å². The van der Waals surface area contributed by atoms with Crippen LogP contribution in [0.4, 0.5) is 18.0 Å². The van der Waals surface area contributed by atoms with Gasteiger partial charge < -0.3 is 9.84 Å². The minimum absolute atomic E-state index is 0.0607. The van der Waals surface area contributed by atoms with Crippen molar-refractivity contribution in [3.63, 3.8) is 0 Å². The van der Waals surface area contributed by atoms with Gasteiger partial charge >= 0.3 is 6.09 Å². The fraction of sp³-hybridized carbons (Fsp3) is 0.579. The number of carboxylic acid groups (broad SMARTS) is 1. The molecule has 0 unspecified atom stereocenters. The van der Waals surface area contributed by atoms with Crippen LogP contribution in [-0.2, 0) is 10.3 Å². The van der Waals surface area contributed by atoms with Crippen molar-refractivity contribution in [2.75, 3.05) is 20.0 Å². The first-order chi connectivity index (χ1) is 13.6. The minimum atomic E-state index is -1.62. The summed E-state index contributed by atoms with van der Waals surface area (Å²) in [6, 6.07) is 4.47. The molecule has 1 aliphatic heterocycles. The Morgan fingerprint density at radius 1 is 1.41 bits per heavy atom. The number of halogens is 3. The number of thioether (sulfide) groups is 1. The fourth-order valence-electron chi connectivity index (χ4n) is 3.37. The van der Waals surface area contributed by atoms with E-state index in [2.05, 4.69) is 24.6 Å². The van der Waals surface area contributed by atoms with Crippen LogP contribution >= 0.6 is 11.8 Å². The van der Waals surface area contributed by atoms with E-state index >= 15 is 0 Å². The number of alkyl halides is 1. The average Bonchev–Trinajstić information content (AvgIpc) is 3.42. The Labute approximate surface area is 173 Å². The largest absolute Gasteiger partial charge is 0.465 e. The summed E-state index contributed by atoms with van der Waals surface area (Å²) < 4.78 is 48.1. The second kappa shape index (κ2) is 8.31. The number of aliphatic imine (C=N–C) groups is 1. The fourth-order valence-corrected chi connectivity index (χ4v) is 5.56. The summed E-state index contributed by atoms with van der Waals surface area (Å²) in [5.41, 5.74) is -1.79. The summed E-state index contributed by atoms with van der Waals surface area (Å²) in [6.45, 7) is 5.68. The molecule has 1 amide bonds. The summed E-state index contributed by atoms with van der Waals surface area (Å²) in [7, 11) is -1.34. The van der Waals surface area contributed by atoms with Crippen molar-refractivity contribution < 1.29 is 27.8 Å². The van der Waals surface area contributed by atoms with Crippen molar-refractivity contribution in [1.29, 1.82) is 0 Å². The molecular weight excluding hydrogens is 421 g/mol. The molecule has 160 valence electrons. The van der Waals surface area contributed by atoms with Crippen molar-refractivity contribution in [1.82, 2.24) is 4.90 Å². The first-order valence-corrected chi connectivity index (χ1v) is 14.0. The van der Waals surface area contributed by atoms with Crippen molar-refractivity contribution in [3.05, 3.63) is 35.4 Å². The number of ether oxygens (including phenoxy) is 1. The van der Waals surface area contributed by atoms with Gasteiger partial charge in [0.25, 0.3) is 0 Å². The Kier molecular flexibility index (Phi) is 6.35. The second-order valence-electron chi connectivity index (χ2n) is 8.61. The number of nitrogens with zero attached hydrogens (tertiary/aromatic N) is 2. The Morgan fingerprint density at radius 2 is 2.14 bits per heavy atom. The molecule has 0 aromatic heterocycles. The highest BCUT2D eigenvalue weighted by atomic mass is 32.2. The number of benzene rings is 1. The van der Waals surface area contributed by atoms with Gasteiger partial charge in [-0.1, -0.05) is 43.5 Å². The van der Waals surface area contributed by atoms with Crippen molar-refractivity contribution in [2.24, 2.45) is 10.9 Å². The van der Waals surface area contributed by atoms with Crippen LogP contribution in [0.1, 0.15) is 12.0 Å². The number of fused-ring (bicyclic) bond motifs is 1. The van der Waals surface area contributed by atoms with Crippen LogP contribution in [0, 0.1) is 17.6 Å². The van der Waals surface area contributed by atoms with E-state index in [-0.39, 0.29) is 28.6 Å². The van der Waals surface area contributed by atoms with Crippen molar-refractivity contribution >= 4 is 31.1 Å². The zero-order valence-electron chi connectivity index (χ0n) is 16.6. The maximum absolute atomic E-state index is 14.5. The van der Waals surface area contributed by atoms with E-state index in [9.17, 15) is 23.1 Å². The van der Waals surface area contributed by atoms with E-state index in [1.807, 2.05) is 0 Å². The molecular formula is C19H25F3N2O3SSi. The van der Waals surface area contributed by atoms with Gasteiger partial charge in [-0.05, 0) is 18.5 Å². The molecule has 0 bridgehead atoms. The van der Waals surface area contributed by atoms with Crippen LogP contribution in [0.2, 0.25) is 25.7 Å². The van der Waals surface area contributed by atoms with E-state index in [0.717, 1.165) is 17.0 Å². The Hall–Kier alpha value is -1.52. The number of hydrogen-bond acceptors (Lipinski definition) is 4. The Morgan fingerprint density at radius 3 is 2.76 bits per heavy atom. The van der Waals surface area contributed by atoms with E-state index in [1.54, 1.807) is 0 Å². The molecule has 1 saturated carbocycles. The molecule has 3 rings (SSSR count). The molecule has 0 radical (unpaired) electrons. The van der Waals surface area contributed by atoms with E-state index in [4.69, 9.17) is 4.74 Å². The second-order valence-corrected chi connectivity index (χ2v) is 15.4. The van der Waals surface area contributed by atoms with Gasteiger partial charge in [0.2, 0.25) is 0 Å². The molecule has 1 heterocycles. The molecule has 1 fully saturated rings. The molecule has 29 heavy (non-hydrogen) atoms. The Bertz CT molecular complexity index is 820. The molecule has 5 nitrogen and oxygen atoms in total. The van der Waals surface area contributed by atoms with Gasteiger partial charge in [-0.2, -0.15) is 0 Å². The molecule has 1 N–H and O–H groups in total. The Balaban J connectivity index is 1.88. The summed E-state index contributed by atoms with van der Waals surface area (Å²) in [5, 5.41) is 9.60. The smallest absolute Gasteiger partial charge is 0.415 e. The molecule has 1 aromatic rings. The predicted octanol–water partition coefficient (Wildman–Crippen LogP) is 4.91. The summed E-state index contributed by atoms with van der Waals surface area (Å²) in [4.78, 5) is 17.1. The summed E-state index contributed by atoms with van der Waals surface area (Å²) in [5.74, 6) is -2.52. The van der Waals surface area contributed by atoms with Crippen LogP contribution in [0.5, 0.6) is 0 Å². The zero-order valence-corrected chi connectivity index (χ0v) is 18.4. The lowest BCUT2D eigenvalue weighted by Gasteiger charge is -2.34. The van der Waals surface area contributed by atoms with Crippen molar-refractivity contribution in [2.45, 2.75) is 42.9 Å². The van der Waals surface area contributed by atoms with Crippen LogP contribution in [0.15, 0.2) is 23.2 Å². The highest BCUT2D eigenvalue weighted by molar-refractivity contribution is 8.14. The zero-order chi connectivity index (χ0) is 21.4. The molecule has 0 saturated heterocycles. The summed E-state index contributed by atoms with van der Waals surface area (Å²) in [6.07, 6.45) is -0.725. The minimum Gasteiger partial charge on any atom is -0.465 e. The van der Waals surface area contributed by atoms with E-state index in [1.165, 1.54) is 23.9 Å². The number of rotatable bonds is 7. The van der Waals surface area contributed by atoms with Gasteiger partial charge in [0.15, 0.2) is 16.8 Å². The van der Waals surface area contributed by atoms with Gasteiger partial charge in [-0.15, -0.1) is 0 Å². The summed E-state index contributed by atoms with van der Waals surface area (Å²) >= 11 is 1.22. The van der Waals surface area contributed by atoms with Gasteiger partial charge in [0, 0.05) is 31.4 Å². The lowest BCUT2D eigenvalue weighted by molar-refractivity contribution is 0.0700. The third kappa shape index (κ3) is 4.64. The quantitative estimate of drug-likeness (QED) is 0.367. The monoisotopic (exact) mass is 446 g/mol.